The van der Waals surface area contributed by atoms with Crippen molar-refractivity contribution in [2.75, 3.05) is 18.5 Å². The summed E-state index contributed by atoms with van der Waals surface area (Å²) in [4.78, 5) is 2.26. The molecule has 0 aliphatic carbocycles. The zero-order valence-corrected chi connectivity index (χ0v) is 13.6. The summed E-state index contributed by atoms with van der Waals surface area (Å²) in [6.45, 7) is 8.95. The van der Waals surface area contributed by atoms with E-state index < -0.39 is 0 Å². The van der Waals surface area contributed by atoms with Crippen LogP contribution in [0.4, 0.5) is 5.69 Å². The van der Waals surface area contributed by atoms with E-state index in [0.717, 1.165) is 37.6 Å². The second kappa shape index (κ2) is 7.32. The molecule has 114 valence electrons. The van der Waals surface area contributed by atoms with Gasteiger partial charge in [0.15, 0.2) is 0 Å². The third-order valence-corrected chi connectivity index (χ3v) is 3.81. The number of benzene rings is 1. The number of nitrogens with zero attached hydrogens (tertiary/aromatic N) is 1. The summed E-state index contributed by atoms with van der Waals surface area (Å²) in [6.07, 6.45) is 1.08. The maximum atomic E-state index is 5.80. The molecule has 0 aliphatic heterocycles. The SMILES string of the molecule is CCNCc1cc(CN(C)c2ccc(CC)cc2)c(C)o1. The van der Waals surface area contributed by atoms with Crippen molar-refractivity contribution in [3.63, 3.8) is 0 Å². The zero-order chi connectivity index (χ0) is 15.2. The predicted molar refractivity (Wildman–Crippen MR) is 88.8 cm³/mol. The monoisotopic (exact) mass is 286 g/mol. The minimum absolute atomic E-state index is 0.798. The molecule has 0 saturated heterocycles. The first kappa shape index (κ1) is 15.6. The topological polar surface area (TPSA) is 28.4 Å². The minimum Gasteiger partial charge on any atom is -0.465 e. The maximum absolute atomic E-state index is 5.80. The summed E-state index contributed by atoms with van der Waals surface area (Å²) >= 11 is 0. The van der Waals surface area contributed by atoms with Crippen molar-refractivity contribution in [1.29, 1.82) is 0 Å². The summed E-state index contributed by atoms with van der Waals surface area (Å²) in [5, 5.41) is 3.30. The Balaban J connectivity index is 2.04. The molecular formula is C18H26N2O. The van der Waals surface area contributed by atoms with Crippen LogP contribution < -0.4 is 10.2 Å². The molecule has 1 heterocycles. The van der Waals surface area contributed by atoms with Gasteiger partial charge in [-0.15, -0.1) is 0 Å². The molecule has 0 bridgehead atoms. The van der Waals surface area contributed by atoms with Crippen LogP contribution in [0.15, 0.2) is 34.7 Å². The van der Waals surface area contributed by atoms with E-state index in [1.165, 1.54) is 16.8 Å². The lowest BCUT2D eigenvalue weighted by atomic mass is 10.1. The molecule has 0 radical (unpaired) electrons. The molecule has 2 aromatic rings. The van der Waals surface area contributed by atoms with Crippen molar-refractivity contribution in [3.8, 4) is 0 Å². The predicted octanol–water partition coefficient (Wildman–Crippen LogP) is 3.90. The lowest BCUT2D eigenvalue weighted by Crippen LogP contribution is -2.16. The van der Waals surface area contributed by atoms with Gasteiger partial charge in [0.05, 0.1) is 6.54 Å². The van der Waals surface area contributed by atoms with Gasteiger partial charge < -0.3 is 14.6 Å². The quantitative estimate of drug-likeness (QED) is 0.837. The van der Waals surface area contributed by atoms with Gasteiger partial charge in [0.2, 0.25) is 0 Å². The second-order valence-electron chi connectivity index (χ2n) is 5.45. The fraction of sp³-hybridized carbons (Fsp3) is 0.444. The summed E-state index contributed by atoms with van der Waals surface area (Å²) in [5.74, 6) is 2.03. The smallest absolute Gasteiger partial charge is 0.118 e. The molecule has 1 aromatic heterocycles. The average Bonchev–Trinajstić information content (AvgIpc) is 2.85. The highest BCUT2D eigenvalue weighted by Gasteiger charge is 2.10. The third-order valence-electron chi connectivity index (χ3n) is 3.81. The number of furan rings is 1. The molecule has 0 amide bonds. The first-order valence-corrected chi connectivity index (χ1v) is 7.73. The van der Waals surface area contributed by atoms with Crippen LogP contribution in [0.1, 0.15) is 36.5 Å². The number of aryl methyl sites for hydroxylation is 2. The molecule has 21 heavy (non-hydrogen) atoms. The summed E-state index contributed by atoms with van der Waals surface area (Å²) in [7, 11) is 2.12. The summed E-state index contributed by atoms with van der Waals surface area (Å²) in [6, 6.07) is 10.9. The maximum Gasteiger partial charge on any atom is 0.118 e. The Kier molecular flexibility index (Phi) is 5.45. The summed E-state index contributed by atoms with van der Waals surface area (Å²) < 4.78 is 5.80. The van der Waals surface area contributed by atoms with Gasteiger partial charge in [0.1, 0.15) is 11.5 Å². The third kappa shape index (κ3) is 4.11. The molecule has 3 heteroatoms. The Labute approximate surface area is 128 Å². The Bertz CT molecular complexity index is 557. The lowest BCUT2D eigenvalue weighted by molar-refractivity contribution is 0.463. The molecule has 3 nitrogen and oxygen atoms in total. The van der Waals surface area contributed by atoms with E-state index in [2.05, 4.69) is 61.4 Å². The van der Waals surface area contributed by atoms with Crippen LogP contribution >= 0.6 is 0 Å². The molecule has 0 atom stereocenters. The second-order valence-corrected chi connectivity index (χ2v) is 5.45. The van der Waals surface area contributed by atoms with Crippen LogP contribution in [0.2, 0.25) is 0 Å². The highest BCUT2D eigenvalue weighted by molar-refractivity contribution is 5.47. The van der Waals surface area contributed by atoms with E-state index in [-0.39, 0.29) is 0 Å². The Morgan fingerprint density at radius 1 is 1.14 bits per heavy atom. The van der Waals surface area contributed by atoms with Crippen molar-refractivity contribution < 1.29 is 4.42 Å². The van der Waals surface area contributed by atoms with Crippen LogP contribution in [0.25, 0.3) is 0 Å². The van der Waals surface area contributed by atoms with Crippen LogP contribution in [-0.4, -0.2) is 13.6 Å². The van der Waals surface area contributed by atoms with Crippen molar-refractivity contribution in [2.24, 2.45) is 0 Å². The fourth-order valence-corrected chi connectivity index (χ4v) is 2.41. The van der Waals surface area contributed by atoms with Crippen LogP contribution in [0, 0.1) is 6.92 Å². The van der Waals surface area contributed by atoms with Gasteiger partial charge in [0.25, 0.3) is 0 Å². The molecule has 2 rings (SSSR count). The number of hydrogen-bond acceptors (Lipinski definition) is 3. The van der Waals surface area contributed by atoms with Crippen molar-refractivity contribution >= 4 is 5.69 Å². The van der Waals surface area contributed by atoms with Gasteiger partial charge in [-0.25, -0.2) is 0 Å². The number of anilines is 1. The van der Waals surface area contributed by atoms with Crippen molar-refractivity contribution in [2.45, 2.75) is 40.3 Å². The lowest BCUT2D eigenvalue weighted by Gasteiger charge is -2.19. The Morgan fingerprint density at radius 3 is 2.48 bits per heavy atom. The largest absolute Gasteiger partial charge is 0.465 e. The van der Waals surface area contributed by atoms with E-state index in [0.29, 0.717) is 0 Å². The van der Waals surface area contributed by atoms with E-state index >= 15 is 0 Å². The van der Waals surface area contributed by atoms with Crippen molar-refractivity contribution in [1.82, 2.24) is 5.32 Å². The van der Waals surface area contributed by atoms with Gasteiger partial charge in [-0.1, -0.05) is 26.0 Å². The standard InChI is InChI=1S/C18H26N2O/c1-5-15-7-9-17(10-8-15)20(4)13-16-11-18(12-19-6-2)21-14(16)3/h7-11,19H,5-6,12-13H2,1-4H3. The first-order valence-electron chi connectivity index (χ1n) is 7.73. The van der Waals surface area contributed by atoms with E-state index in [4.69, 9.17) is 4.42 Å². The molecule has 0 unspecified atom stereocenters. The minimum atomic E-state index is 0.798. The normalized spacial score (nSPS) is 10.9. The Hall–Kier alpha value is -1.74. The molecule has 0 spiro atoms. The van der Waals surface area contributed by atoms with Crippen LogP contribution in [0.3, 0.4) is 0 Å². The van der Waals surface area contributed by atoms with Gasteiger partial charge in [-0.05, 0) is 43.7 Å². The average molecular weight is 286 g/mol. The Morgan fingerprint density at radius 2 is 1.86 bits per heavy atom. The number of rotatable bonds is 7. The van der Waals surface area contributed by atoms with E-state index in [9.17, 15) is 0 Å². The number of nitrogens with one attached hydrogen (secondary N) is 1. The van der Waals surface area contributed by atoms with Gasteiger partial charge in [-0.2, -0.15) is 0 Å². The zero-order valence-electron chi connectivity index (χ0n) is 13.6. The van der Waals surface area contributed by atoms with Gasteiger partial charge >= 0.3 is 0 Å². The molecule has 1 aromatic carbocycles. The number of hydrogen-bond donors (Lipinski definition) is 1. The van der Waals surface area contributed by atoms with E-state index in [1.54, 1.807) is 0 Å². The highest BCUT2D eigenvalue weighted by atomic mass is 16.3. The van der Waals surface area contributed by atoms with E-state index in [1.807, 2.05) is 6.92 Å². The summed E-state index contributed by atoms with van der Waals surface area (Å²) in [5.41, 5.74) is 3.87. The van der Waals surface area contributed by atoms with Gasteiger partial charge in [-0.3, -0.25) is 0 Å². The van der Waals surface area contributed by atoms with Crippen LogP contribution in [0.5, 0.6) is 0 Å². The molecule has 0 saturated carbocycles. The molecular weight excluding hydrogens is 260 g/mol. The van der Waals surface area contributed by atoms with Gasteiger partial charge in [0, 0.05) is 24.8 Å². The molecule has 0 fully saturated rings. The molecule has 0 aliphatic rings. The van der Waals surface area contributed by atoms with Crippen molar-refractivity contribution in [3.05, 3.63) is 53.0 Å². The van der Waals surface area contributed by atoms with Crippen LogP contribution in [-0.2, 0) is 19.5 Å². The fourth-order valence-electron chi connectivity index (χ4n) is 2.41. The molecule has 1 N–H and O–H groups in total. The highest BCUT2D eigenvalue weighted by Crippen LogP contribution is 2.20. The first-order chi connectivity index (χ1) is 10.1.